The van der Waals surface area contributed by atoms with Gasteiger partial charge in [-0.3, -0.25) is 4.79 Å². The molecule has 1 saturated carbocycles. The monoisotopic (exact) mass is 388 g/mol. The van der Waals surface area contributed by atoms with Gasteiger partial charge in [0.15, 0.2) is 0 Å². The first-order chi connectivity index (χ1) is 11.6. The molecule has 2 aromatic carbocycles. The predicted octanol–water partition coefficient (Wildman–Crippen LogP) is 3.90. The Morgan fingerprint density at radius 3 is 2.62 bits per heavy atom. The minimum atomic E-state index is -0.509. The van der Waals surface area contributed by atoms with Crippen LogP contribution < -0.4 is 10.6 Å². The van der Waals surface area contributed by atoms with Gasteiger partial charge in [0.05, 0.1) is 11.1 Å². The van der Waals surface area contributed by atoms with E-state index in [2.05, 4.69) is 26.6 Å². The van der Waals surface area contributed by atoms with Gasteiger partial charge >= 0.3 is 0 Å². The average molecular weight is 389 g/mol. The van der Waals surface area contributed by atoms with E-state index in [1.165, 1.54) is 0 Å². The summed E-state index contributed by atoms with van der Waals surface area (Å²) in [4.78, 5) is 12.8. The van der Waals surface area contributed by atoms with Crippen molar-refractivity contribution in [2.24, 2.45) is 0 Å². The third kappa shape index (κ3) is 2.66. The van der Waals surface area contributed by atoms with Gasteiger partial charge in [-0.2, -0.15) is 0 Å². The molecular formula is C19H18BrFN2O. The number of amides is 1. The van der Waals surface area contributed by atoms with Crippen LogP contribution in [0.5, 0.6) is 0 Å². The highest BCUT2D eigenvalue weighted by atomic mass is 79.9. The molecule has 0 saturated heterocycles. The van der Waals surface area contributed by atoms with Gasteiger partial charge in [0.25, 0.3) is 0 Å². The van der Waals surface area contributed by atoms with Crippen LogP contribution in [0.15, 0.2) is 40.9 Å². The van der Waals surface area contributed by atoms with Gasteiger partial charge in [-0.05, 0) is 60.7 Å². The first kappa shape index (κ1) is 15.8. The number of fused-ring (bicyclic) bond motifs is 1. The van der Waals surface area contributed by atoms with Gasteiger partial charge in [0.2, 0.25) is 5.91 Å². The first-order valence-electron chi connectivity index (χ1n) is 8.19. The second-order valence-corrected chi connectivity index (χ2v) is 7.45. The van der Waals surface area contributed by atoms with Gasteiger partial charge in [-0.25, -0.2) is 4.39 Å². The summed E-state index contributed by atoms with van der Waals surface area (Å²) in [5.41, 5.74) is 2.48. The Kier molecular flexibility index (Phi) is 3.93. The molecule has 124 valence electrons. The first-order valence-corrected chi connectivity index (χ1v) is 8.98. The van der Waals surface area contributed by atoms with Crippen LogP contribution in [0.4, 0.5) is 10.1 Å². The third-order valence-electron chi connectivity index (χ3n) is 5.04. The minimum absolute atomic E-state index is 0.113. The van der Waals surface area contributed by atoms with Crippen molar-refractivity contribution >= 4 is 27.5 Å². The van der Waals surface area contributed by atoms with Crippen molar-refractivity contribution in [3.8, 4) is 0 Å². The number of nitrogens with one attached hydrogen (secondary N) is 2. The Hall–Kier alpha value is -1.72. The van der Waals surface area contributed by atoms with E-state index in [0.717, 1.165) is 40.5 Å². The number of anilines is 1. The number of carbonyl (C=O) groups is 1. The van der Waals surface area contributed by atoms with Gasteiger partial charge in [-0.15, -0.1) is 0 Å². The van der Waals surface area contributed by atoms with Crippen LogP contribution in [-0.2, 0) is 23.2 Å². The maximum absolute atomic E-state index is 14.7. The zero-order chi connectivity index (χ0) is 16.7. The number of rotatable bonds is 3. The second-order valence-electron chi connectivity index (χ2n) is 6.53. The number of carbonyl (C=O) groups excluding carboxylic acids is 1. The van der Waals surface area contributed by atoms with Gasteiger partial charge in [-0.1, -0.05) is 34.1 Å². The molecule has 1 aliphatic heterocycles. The SMILES string of the molecule is O=C(Nc1ccc2c(c1F)CCNC2)C1(c2ccc(Br)cc2)CC1. The summed E-state index contributed by atoms with van der Waals surface area (Å²) >= 11 is 3.41. The van der Waals surface area contributed by atoms with Crippen molar-refractivity contribution in [2.45, 2.75) is 31.2 Å². The molecule has 1 fully saturated rings. The van der Waals surface area contributed by atoms with Crippen LogP contribution >= 0.6 is 15.9 Å². The fourth-order valence-corrected chi connectivity index (χ4v) is 3.68. The number of halogens is 2. The van der Waals surface area contributed by atoms with Crippen molar-refractivity contribution in [2.75, 3.05) is 11.9 Å². The molecule has 24 heavy (non-hydrogen) atoms. The lowest BCUT2D eigenvalue weighted by molar-refractivity contribution is -0.118. The zero-order valence-corrected chi connectivity index (χ0v) is 14.7. The van der Waals surface area contributed by atoms with Gasteiger partial charge in [0, 0.05) is 11.0 Å². The molecule has 1 aliphatic carbocycles. The standard InChI is InChI=1S/C19H18BrFN2O/c20-14-4-2-13(3-5-14)19(8-9-19)18(24)23-16-6-1-12-11-22-10-7-15(12)17(16)21/h1-6,22H,7-11H2,(H,23,24). The summed E-state index contributed by atoms with van der Waals surface area (Å²) < 4.78 is 15.7. The molecule has 2 aromatic rings. The van der Waals surface area contributed by atoms with Crippen LogP contribution in [0.1, 0.15) is 29.5 Å². The Labute approximate surface area is 148 Å². The smallest absolute Gasteiger partial charge is 0.235 e. The molecule has 0 atom stereocenters. The van der Waals surface area contributed by atoms with Crippen molar-refractivity contribution in [3.05, 3.63) is 63.4 Å². The van der Waals surface area contributed by atoms with E-state index in [1.54, 1.807) is 6.07 Å². The normalized spacial score (nSPS) is 17.9. The molecule has 5 heteroatoms. The highest BCUT2D eigenvalue weighted by Gasteiger charge is 2.51. The molecule has 0 bridgehead atoms. The topological polar surface area (TPSA) is 41.1 Å². The predicted molar refractivity (Wildman–Crippen MR) is 95.5 cm³/mol. The van der Waals surface area contributed by atoms with Crippen LogP contribution in [0.3, 0.4) is 0 Å². The van der Waals surface area contributed by atoms with E-state index >= 15 is 0 Å². The molecule has 0 unspecified atom stereocenters. The van der Waals surface area contributed by atoms with Crippen molar-refractivity contribution in [1.29, 1.82) is 0 Å². The Bertz CT molecular complexity index is 800. The van der Waals surface area contributed by atoms with Crippen LogP contribution in [0, 0.1) is 5.82 Å². The van der Waals surface area contributed by atoms with Crippen LogP contribution in [-0.4, -0.2) is 12.5 Å². The summed E-state index contributed by atoms with van der Waals surface area (Å²) in [6, 6.07) is 11.4. The molecule has 1 heterocycles. The molecule has 0 aromatic heterocycles. The van der Waals surface area contributed by atoms with Gasteiger partial charge in [0.1, 0.15) is 5.82 Å². The highest BCUT2D eigenvalue weighted by Crippen LogP contribution is 2.49. The summed E-state index contributed by atoms with van der Waals surface area (Å²) in [6.45, 7) is 1.45. The van der Waals surface area contributed by atoms with E-state index in [4.69, 9.17) is 0 Å². The third-order valence-corrected chi connectivity index (χ3v) is 5.57. The van der Waals surface area contributed by atoms with Crippen molar-refractivity contribution in [3.63, 3.8) is 0 Å². The lowest BCUT2D eigenvalue weighted by Crippen LogP contribution is -2.29. The maximum atomic E-state index is 14.7. The molecule has 3 nitrogen and oxygen atoms in total. The minimum Gasteiger partial charge on any atom is -0.323 e. The molecule has 0 spiro atoms. The lowest BCUT2D eigenvalue weighted by Gasteiger charge is -2.21. The summed E-state index contributed by atoms with van der Waals surface area (Å²) in [5.74, 6) is -0.397. The Balaban J connectivity index is 1.59. The summed E-state index contributed by atoms with van der Waals surface area (Å²) in [6.07, 6.45) is 2.26. The highest BCUT2D eigenvalue weighted by molar-refractivity contribution is 9.10. The molecular weight excluding hydrogens is 371 g/mol. The van der Waals surface area contributed by atoms with Gasteiger partial charge < -0.3 is 10.6 Å². The average Bonchev–Trinajstić information content (AvgIpc) is 3.40. The lowest BCUT2D eigenvalue weighted by atomic mass is 9.94. The van der Waals surface area contributed by atoms with Crippen LogP contribution in [0.2, 0.25) is 0 Å². The molecule has 1 amide bonds. The zero-order valence-electron chi connectivity index (χ0n) is 13.2. The summed E-state index contributed by atoms with van der Waals surface area (Å²) in [5, 5.41) is 6.06. The molecule has 4 rings (SSSR count). The van der Waals surface area contributed by atoms with Crippen molar-refractivity contribution in [1.82, 2.24) is 5.32 Å². The fraction of sp³-hybridized carbons (Fsp3) is 0.316. The van der Waals surface area contributed by atoms with E-state index < -0.39 is 5.41 Å². The Morgan fingerprint density at radius 1 is 1.17 bits per heavy atom. The van der Waals surface area contributed by atoms with E-state index in [9.17, 15) is 9.18 Å². The Morgan fingerprint density at radius 2 is 1.92 bits per heavy atom. The largest absolute Gasteiger partial charge is 0.323 e. The van der Waals surface area contributed by atoms with E-state index in [-0.39, 0.29) is 11.7 Å². The number of hydrogen-bond donors (Lipinski definition) is 2. The summed E-state index contributed by atoms with van der Waals surface area (Å²) in [7, 11) is 0. The van der Waals surface area contributed by atoms with Crippen LogP contribution in [0.25, 0.3) is 0 Å². The quantitative estimate of drug-likeness (QED) is 0.836. The van der Waals surface area contributed by atoms with E-state index in [1.807, 2.05) is 30.3 Å². The molecule has 2 aliphatic rings. The fourth-order valence-electron chi connectivity index (χ4n) is 3.41. The van der Waals surface area contributed by atoms with E-state index in [0.29, 0.717) is 18.7 Å². The number of hydrogen-bond acceptors (Lipinski definition) is 2. The molecule has 2 N–H and O–H groups in total. The molecule has 0 radical (unpaired) electrons. The maximum Gasteiger partial charge on any atom is 0.235 e. The number of benzene rings is 2. The van der Waals surface area contributed by atoms with Crippen molar-refractivity contribution < 1.29 is 9.18 Å². The second kappa shape index (κ2) is 5.97.